The van der Waals surface area contributed by atoms with Crippen LogP contribution in [0.2, 0.25) is 0 Å². The van der Waals surface area contributed by atoms with E-state index in [4.69, 9.17) is 5.73 Å². The predicted octanol–water partition coefficient (Wildman–Crippen LogP) is 1.12. The Labute approximate surface area is 110 Å². The van der Waals surface area contributed by atoms with Crippen LogP contribution in [0.3, 0.4) is 0 Å². The Morgan fingerprint density at radius 3 is 3.00 bits per heavy atom. The van der Waals surface area contributed by atoms with E-state index in [2.05, 4.69) is 34.0 Å². The number of likely N-dealkylation sites (tertiary alicyclic amines) is 1. The summed E-state index contributed by atoms with van der Waals surface area (Å²) in [5.74, 6) is 0.146. The SMILES string of the molecule is C[C@H]1C[C@H](c2ccsc2)CN1CC(=O)NC(N)=O. The van der Waals surface area contributed by atoms with Gasteiger partial charge in [0.15, 0.2) is 0 Å². The van der Waals surface area contributed by atoms with Crippen molar-refractivity contribution in [3.8, 4) is 0 Å². The Morgan fingerprint density at radius 2 is 2.39 bits per heavy atom. The van der Waals surface area contributed by atoms with E-state index in [-0.39, 0.29) is 12.5 Å². The smallest absolute Gasteiger partial charge is 0.318 e. The molecule has 3 N–H and O–H groups in total. The molecule has 3 amide bonds. The van der Waals surface area contributed by atoms with E-state index in [1.807, 2.05) is 0 Å². The van der Waals surface area contributed by atoms with Crippen LogP contribution in [0.5, 0.6) is 0 Å². The van der Waals surface area contributed by atoms with Crippen molar-refractivity contribution < 1.29 is 9.59 Å². The number of primary amides is 1. The molecule has 1 saturated heterocycles. The second-order valence-electron chi connectivity index (χ2n) is 4.68. The zero-order valence-corrected chi connectivity index (χ0v) is 11.1. The Hall–Kier alpha value is -1.40. The lowest BCUT2D eigenvalue weighted by atomic mass is 10.00. The van der Waals surface area contributed by atoms with Crippen LogP contribution in [0.25, 0.3) is 0 Å². The van der Waals surface area contributed by atoms with Crippen molar-refractivity contribution in [2.45, 2.75) is 25.3 Å². The summed E-state index contributed by atoms with van der Waals surface area (Å²) in [5.41, 5.74) is 6.26. The second kappa shape index (κ2) is 5.49. The molecule has 1 aliphatic rings. The Kier molecular flexibility index (Phi) is 3.98. The molecule has 1 fully saturated rings. The van der Waals surface area contributed by atoms with Gasteiger partial charge in [-0.2, -0.15) is 11.3 Å². The maximum atomic E-state index is 11.5. The number of carbonyl (C=O) groups is 2. The summed E-state index contributed by atoms with van der Waals surface area (Å²) in [5, 5.41) is 6.33. The average Bonchev–Trinajstić information content (AvgIpc) is 2.87. The molecular weight excluding hydrogens is 250 g/mol. The summed E-state index contributed by atoms with van der Waals surface area (Å²) in [6, 6.07) is 1.68. The van der Waals surface area contributed by atoms with Gasteiger partial charge >= 0.3 is 6.03 Å². The number of nitrogens with zero attached hydrogens (tertiary/aromatic N) is 1. The standard InChI is InChI=1S/C12H17N3O2S/c1-8-4-10(9-2-3-18-7-9)5-15(8)6-11(16)14-12(13)17/h2-3,7-8,10H,4-6H2,1H3,(H3,13,14,16,17)/t8-,10-/m0/s1. The topological polar surface area (TPSA) is 75.4 Å². The minimum absolute atomic E-state index is 0.227. The fourth-order valence-electron chi connectivity index (χ4n) is 2.43. The highest BCUT2D eigenvalue weighted by atomic mass is 32.1. The average molecular weight is 267 g/mol. The van der Waals surface area contributed by atoms with Crippen LogP contribution in [-0.2, 0) is 4.79 Å². The van der Waals surface area contributed by atoms with Crippen molar-refractivity contribution in [2.24, 2.45) is 5.73 Å². The maximum absolute atomic E-state index is 11.5. The molecule has 0 radical (unpaired) electrons. The molecule has 0 aliphatic carbocycles. The molecule has 1 aliphatic heterocycles. The van der Waals surface area contributed by atoms with E-state index < -0.39 is 6.03 Å². The first-order valence-corrected chi connectivity index (χ1v) is 6.86. The number of amides is 3. The van der Waals surface area contributed by atoms with Gasteiger partial charge in [-0.15, -0.1) is 0 Å². The van der Waals surface area contributed by atoms with Gasteiger partial charge in [0, 0.05) is 12.6 Å². The summed E-state index contributed by atoms with van der Waals surface area (Å²) >= 11 is 1.69. The number of rotatable bonds is 3. The first kappa shape index (κ1) is 13.0. The molecule has 2 rings (SSSR count). The summed E-state index contributed by atoms with van der Waals surface area (Å²) in [4.78, 5) is 24.2. The number of urea groups is 1. The van der Waals surface area contributed by atoms with Crippen molar-refractivity contribution in [1.29, 1.82) is 0 Å². The number of thiophene rings is 1. The van der Waals surface area contributed by atoms with E-state index in [9.17, 15) is 9.59 Å². The minimum atomic E-state index is -0.791. The number of hydrogen-bond donors (Lipinski definition) is 2. The van der Waals surface area contributed by atoms with Crippen LogP contribution in [0, 0.1) is 0 Å². The fourth-order valence-corrected chi connectivity index (χ4v) is 3.17. The molecule has 0 spiro atoms. The van der Waals surface area contributed by atoms with E-state index in [0.717, 1.165) is 13.0 Å². The zero-order chi connectivity index (χ0) is 13.1. The second-order valence-corrected chi connectivity index (χ2v) is 5.46. The third-order valence-corrected chi connectivity index (χ3v) is 4.03. The molecular formula is C12H17N3O2S. The Bertz CT molecular complexity index is 433. The van der Waals surface area contributed by atoms with Crippen molar-refractivity contribution in [2.75, 3.05) is 13.1 Å². The minimum Gasteiger partial charge on any atom is -0.351 e. The molecule has 18 heavy (non-hydrogen) atoms. The van der Waals surface area contributed by atoms with Gasteiger partial charge in [-0.1, -0.05) is 0 Å². The van der Waals surface area contributed by atoms with Gasteiger partial charge in [0.25, 0.3) is 0 Å². The van der Waals surface area contributed by atoms with E-state index in [1.165, 1.54) is 5.56 Å². The lowest BCUT2D eigenvalue weighted by Gasteiger charge is -2.19. The molecule has 0 bridgehead atoms. The molecule has 2 atom stereocenters. The summed E-state index contributed by atoms with van der Waals surface area (Å²) < 4.78 is 0. The highest BCUT2D eigenvalue weighted by Gasteiger charge is 2.31. The number of imide groups is 1. The lowest BCUT2D eigenvalue weighted by Crippen LogP contribution is -2.43. The van der Waals surface area contributed by atoms with Crippen LogP contribution >= 0.6 is 11.3 Å². The van der Waals surface area contributed by atoms with Gasteiger partial charge < -0.3 is 5.73 Å². The van der Waals surface area contributed by atoms with Crippen LogP contribution in [0.1, 0.15) is 24.8 Å². The van der Waals surface area contributed by atoms with Crippen LogP contribution in [-0.4, -0.2) is 36.0 Å². The number of hydrogen-bond acceptors (Lipinski definition) is 4. The normalized spacial score (nSPS) is 24.1. The van der Waals surface area contributed by atoms with Gasteiger partial charge in [0.1, 0.15) is 0 Å². The Balaban J connectivity index is 1.91. The molecule has 0 aromatic carbocycles. The number of nitrogens with one attached hydrogen (secondary N) is 1. The molecule has 1 aromatic heterocycles. The maximum Gasteiger partial charge on any atom is 0.318 e. The quantitative estimate of drug-likeness (QED) is 0.861. The third-order valence-electron chi connectivity index (χ3n) is 3.33. The van der Waals surface area contributed by atoms with Crippen molar-refractivity contribution in [3.63, 3.8) is 0 Å². The molecule has 6 heteroatoms. The largest absolute Gasteiger partial charge is 0.351 e. The third kappa shape index (κ3) is 3.08. The highest BCUT2D eigenvalue weighted by Crippen LogP contribution is 2.32. The van der Waals surface area contributed by atoms with Crippen molar-refractivity contribution in [1.82, 2.24) is 10.2 Å². The first-order valence-electron chi connectivity index (χ1n) is 5.91. The highest BCUT2D eigenvalue weighted by molar-refractivity contribution is 7.07. The van der Waals surface area contributed by atoms with Crippen molar-refractivity contribution >= 4 is 23.3 Å². The van der Waals surface area contributed by atoms with Gasteiger partial charge in [-0.3, -0.25) is 15.0 Å². The van der Waals surface area contributed by atoms with Crippen LogP contribution in [0.4, 0.5) is 4.79 Å². The zero-order valence-electron chi connectivity index (χ0n) is 10.3. The molecule has 1 aromatic rings. The van der Waals surface area contributed by atoms with E-state index >= 15 is 0 Å². The van der Waals surface area contributed by atoms with Crippen LogP contribution in [0.15, 0.2) is 16.8 Å². The molecule has 0 unspecified atom stereocenters. The van der Waals surface area contributed by atoms with E-state index in [0.29, 0.717) is 12.0 Å². The van der Waals surface area contributed by atoms with E-state index in [1.54, 1.807) is 11.3 Å². The summed E-state index contributed by atoms with van der Waals surface area (Å²) in [6.07, 6.45) is 1.04. The van der Waals surface area contributed by atoms with Gasteiger partial charge in [-0.05, 0) is 41.7 Å². The van der Waals surface area contributed by atoms with Gasteiger partial charge in [-0.25, -0.2) is 4.79 Å². The van der Waals surface area contributed by atoms with Crippen LogP contribution < -0.4 is 11.1 Å². The van der Waals surface area contributed by atoms with Gasteiger partial charge in [0.2, 0.25) is 5.91 Å². The lowest BCUT2D eigenvalue weighted by molar-refractivity contribution is -0.121. The molecule has 5 nitrogen and oxygen atoms in total. The summed E-state index contributed by atoms with van der Waals surface area (Å²) in [7, 11) is 0. The summed E-state index contributed by atoms with van der Waals surface area (Å²) in [6.45, 7) is 3.18. The molecule has 2 heterocycles. The molecule has 0 saturated carbocycles. The number of nitrogens with two attached hydrogens (primary N) is 1. The Morgan fingerprint density at radius 1 is 1.61 bits per heavy atom. The van der Waals surface area contributed by atoms with Gasteiger partial charge in [0.05, 0.1) is 6.54 Å². The van der Waals surface area contributed by atoms with Crippen molar-refractivity contribution in [3.05, 3.63) is 22.4 Å². The predicted molar refractivity (Wildman–Crippen MR) is 70.4 cm³/mol. The number of carbonyl (C=O) groups excluding carboxylic acids is 2. The fraction of sp³-hybridized carbons (Fsp3) is 0.500. The monoisotopic (exact) mass is 267 g/mol. The molecule has 98 valence electrons. The first-order chi connectivity index (χ1) is 8.56.